The number of methoxy groups -OCH3 is 2. The van der Waals surface area contributed by atoms with Gasteiger partial charge in [0.15, 0.2) is 5.92 Å². The zero-order chi connectivity index (χ0) is 12.8. The molecule has 0 amide bonds. The van der Waals surface area contributed by atoms with Gasteiger partial charge in [-0.1, -0.05) is 0 Å². The van der Waals surface area contributed by atoms with Crippen molar-refractivity contribution in [1.29, 1.82) is 0 Å². The molecule has 0 spiro atoms. The fourth-order valence-electron chi connectivity index (χ4n) is 1.56. The molecule has 0 aliphatic heterocycles. The largest absolute Gasteiger partial charge is 0.468 e. The summed E-state index contributed by atoms with van der Waals surface area (Å²) in [6.07, 6.45) is 2.57. The van der Waals surface area contributed by atoms with Crippen molar-refractivity contribution in [1.82, 2.24) is 9.78 Å². The Balaban J connectivity index is 2.64. The monoisotopic (exact) mass is 240 g/mol. The Kier molecular flexibility index (Phi) is 4.68. The van der Waals surface area contributed by atoms with E-state index in [-0.39, 0.29) is 0 Å². The first kappa shape index (κ1) is 13.2. The number of aryl methyl sites for hydroxylation is 2. The van der Waals surface area contributed by atoms with Crippen LogP contribution < -0.4 is 0 Å². The zero-order valence-electron chi connectivity index (χ0n) is 10.2. The molecule has 0 aromatic carbocycles. The van der Waals surface area contributed by atoms with Crippen molar-refractivity contribution < 1.29 is 19.1 Å². The fraction of sp³-hybridized carbons (Fsp3) is 0.545. The molecule has 17 heavy (non-hydrogen) atoms. The van der Waals surface area contributed by atoms with Gasteiger partial charge in [0, 0.05) is 18.9 Å². The van der Waals surface area contributed by atoms with Gasteiger partial charge in [-0.05, 0) is 18.9 Å². The van der Waals surface area contributed by atoms with Crippen LogP contribution in [0.25, 0.3) is 0 Å². The Morgan fingerprint density at radius 3 is 2.35 bits per heavy atom. The summed E-state index contributed by atoms with van der Waals surface area (Å²) in [7, 11) is 4.31. The summed E-state index contributed by atoms with van der Waals surface area (Å²) in [5.41, 5.74) is 0.947. The summed E-state index contributed by atoms with van der Waals surface area (Å²) in [4.78, 5) is 22.8. The highest BCUT2D eigenvalue weighted by atomic mass is 16.5. The second-order valence-electron chi connectivity index (χ2n) is 3.58. The molecule has 1 aromatic heterocycles. The molecular formula is C11H16N2O4. The van der Waals surface area contributed by atoms with Crippen LogP contribution >= 0.6 is 0 Å². The van der Waals surface area contributed by atoms with E-state index in [1.807, 2.05) is 6.07 Å². The van der Waals surface area contributed by atoms with E-state index in [2.05, 4.69) is 14.6 Å². The Morgan fingerprint density at radius 1 is 1.35 bits per heavy atom. The van der Waals surface area contributed by atoms with Crippen LogP contribution in [-0.2, 0) is 32.5 Å². The first-order valence-electron chi connectivity index (χ1n) is 5.22. The topological polar surface area (TPSA) is 70.4 Å². The van der Waals surface area contributed by atoms with Gasteiger partial charge in [-0.2, -0.15) is 5.10 Å². The number of carbonyl (C=O) groups is 2. The lowest BCUT2D eigenvalue weighted by molar-refractivity contribution is -0.159. The highest BCUT2D eigenvalue weighted by Gasteiger charge is 2.28. The van der Waals surface area contributed by atoms with Gasteiger partial charge in [-0.15, -0.1) is 0 Å². The minimum Gasteiger partial charge on any atom is -0.468 e. The van der Waals surface area contributed by atoms with Crippen molar-refractivity contribution in [3.05, 3.63) is 18.0 Å². The predicted octanol–water partition coefficient (Wildman–Crippen LogP) is 0.315. The molecule has 0 saturated carbocycles. The minimum atomic E-state index is -0.875. The molecule has 6 heteroatoms. The van der Waals surface area contributed by atoms with Crippen molar-refractivity contribution in [2.45, 2.75) is 12.8 Å². The summed E-state index contributed by atoms with van der Waals surface area (Å²) in [5, 5.41) is 4.01. The van der Waals surface area contributed by atoms with Gasteiger partial charge >= 0.3 is 11.9 Å². The van der Waals surface area contributed by atoms with Crippen molar-refractivity contribution in [3.63, 3.8) is 0 Å². The van der Waals surface area contributed by atoms with Crippen LogP contribution in [-0.4, -0.2) is 35.9 Å². The van der Waals surface area contributed by atoms with Gasteiger partial charge in [0.25, 0.3) is 0 Å². The lowest BCUT2D eigenvalue weighted by Gasteiger charge is -2.12. The summed E-state index contributed by atoms with van der Waals surface area (Å²) >= 11 is 0. The molecule has 1 aromatic rings. The van der Waals surface area contributed by atoms with E-state index in [9.17, 15) is 9.59 Å². The number of carbonyl (C=O) groups excluding carboxylic acids is 2. The van der Waals surface area contributed by atoms with Crippen LogP contribution in [0, 0.1) is 5.92 Å². The number of esters is 2. The quantitative estimate of drug-likeness (QED) is 0.547. The second kappa shape index (κ2) is 6.03. The zero-order valence-corrected chi connectivity index (χ0v) is 10.2. The van der Waals surface area contributed by atoms with Gasteiger partial charge in [0.05, 0.1) is 14.2 Å². The molecule has 0 radical (unpaired) electrons. The van der Waals surface area contributed by atoms with Crippen molar-refractivity contribution >= 4 is 11.9 Å². The van der Waals surface area contributed by atoms with Crippen LogP contribution in [0.2, 0.25) is 0 Å². The molecule has 0 atom stereocenters. The number of aromatic nitrogens is 2. The highest BCUT2D eigenvalue weighted by molar-refractivity contribution is 5.94. The van der Waals surface area contributed by atoms with E-state index in [1.165, 1.54) is 14.2 Å². The molecular weight excluding hydrogens is 224 g/mol. The molecule has 1 rings (SSSR count). The smallest absolute Gasteiger partial charge is 0.320 e. The number of nitrogens with zero attached hydrogens (tertiary/aromatic N) is 2. The summed E-state index contributed by atoms with van der Waals surface area (Å²) < 4.78 is 10.8. The SMILES string of the molecule is COC(=O)C(CCc1ccnn1C)C(=O)OC. The van der Waals surface area contributed by atoms with E-state index in [0.717, 1.165) is 5.69 Å². The van der Waals surface area contributed by atoms with Crippen LogP contribution in [0.3, 0.4) is 0 Å². The number of hydrogen-bond donors (Lipinski definition) is 0. The Bertz CT molecular complexity index is 384. The maximum absolute atomic E-state index is 11.4. The number of hydrogen-bond acceptors (Lipinski definition) is 5. The van der Waals surface area contributed by atoms with Gasteiger partial charge < -0.3 is 9.47 Å². The van der Waals surface area contributed by atoms with E-state index >= 15 is 0 Å². The van der Waals surface area contributed by atoms with Gasteiger partial charge in [0.1, 0.15) is 0 Å². The second-order valence-corrected chi connectivity index (χ2v) is 3.58. The molecule has 1 heterocycles. The standard InChI is InChI=1S/C11H16N2O4/c1-13-8(6-7-12-13)4-5-9(10(14)16-2)11(15)17-3/h6-7,9H,4-5H2,1-3H3. The molecule has 94 valence electrons. The van der Waals surface area contributed by atoms with Crippen LogP contribution in [0.4, 0.5) is 0 Å². The van der Waals surface area contributed by atoms with Gasteiger partial charge in [-0.25, -0.2) is 0 Å². The predicted molar refractivity (Wildman–Crippen MR) is 59.1 cm³/mol. The number of ether oxygens (including phenoxy) is 2. The molecule has 0 unspecified atom stereocenters. The molecule has 0 saturated heterocycles. The molecule has 6 nitrogen and oxygen atoms in total. The normalized spacial score (nSPS) is 10.4. The molecule has 0 aliphatic carbocycles. The third-order valence-corrected chi connectivity index (χ3v) is 2.58. The fourth-order valence-corrected chi connectivity index (χ4v) is 1.56. The highest BCUT2D eigenvalue weighted by Crippen LogP contribution is 2.12. The first-order chi connectivity index (χ1) is 8.10. The lowest BCUT2D eigenvalue weighted by atomic mass is 10.0. The van der Waals surface area contributed by atoms with Crippen LogP contribution in [0.1, 0.15) is 12.1 Å². The average Bonchev–Trinajstić information content (AvgIpc) is 2.74. The average molecular weight is 240 g/mol. The van der Waals surface area contributed by atoms with Crippen LogP contribution in [0.15, 0.2) is 12.3 Å². The van der Waals surface area contributed by atoms with E-state index < -0.39 is 17.9 Å². The van der Waals surface area contributed by atoms with Crippen molar-refractivity contribution in [2.24, 2.45) is 13.0 Å². The van der Waals surface area contributed by atoms with Crippen molar-refractivity contribution in [3.8, 4) is 0 Å². The summed E-state index contributed by atoms with van der Waals surface area (Å²) in [5.74, 6) is -2.02. The van der Waals surface area contributed by atoms with E-state index in [4.69, 9.17) is 0 Å². The number of rotatable bonds is 5. The summed E-state index contributed by atoms with van der Waals surface area (Å²) in [6.45, 7) is 0. The molecule has 0 N–H and O–H groups in total. The molecule has 0 aliphatic rings. The molecule has 0 fully saturated rings. The van der Waals surface area contributed by atoms with Gasteiger partial charge in [0.2, 0.25) is 0 Å². The first-order valence-corrected chi connectivity index (χ1v) is 5.22. The third kappa shape index (κ3) is 3.30. The maximum Gasteiger partial charge on any atom is 0.320 e. The van der Waals surface area contributed by atoms with E-state index in [0.29, 0.717) is 12.8 Å². The van der Waals surface area contributed by atoms with E-state index in [1.54, 1.807) is 17.9 Å². The third-order valence-electron chi connectivity index (χ3n) is 2.58. The summed E-state index contributed by atoms with van der Waals surface area (Å²) in [6, 6.07) is 1.84. The van der Waals surface area contributed by atoms with Crippen molar-refractivity contribution in [2.75, 3.05) is 14.2 Å². The maximum atomic E-state index is 11.4. The Hall–Kier alpha value is -1.85. The lowest BCUT2D eigenvalue weighted by Crippen LogP contribution is -2.27. The molecule has 0 bridgehead atoms. The van der Waals surface area contributed by atoms with Gasteiger partial charge in [-0.3, -0.25) is 14.3 Å². The Morgan fingerprint density at radius 2 is 1.94 bits per heavy atom. The Labute approximate surface area is 99.5 Å². The minimum absolute atomic E-state index is 0.346. The van der Waals surface area contributed by atoms with Crippen LogP contribution in [0.5, 0.6) is 0 Å².